The van der Waals surface area contributed by atoms with Gasteiger partial charge >= 0.3 is 0 Å². The van der Waals surface area contributed by atoms with E-state index < -0.39 is 0 Å². The van der Waals surface area contributed by atoms with Crippen LogP contribution in [-0.2, 0) is 0 Å². The van der Waals surface area contributed by atoms with E-state index in [2.05, 4.69) is 53.1 Å². The van der Waals surface area contributed by atoms with Crippen LogP contribution in [0.2, 0.25) is 0 Å². The Kier molecular flexibility index (Phi) is 4.53. The number of nitrogens with one attached hydrogen (secondary N) is 2. The summed E-state index contributed by atoms with van der Waals surface area (Å²) < 4.78 is 0. The van der Waals surface area contributed by atoms with Gasteiger partial charge in [-0.05, 0) is 48.0 Å². The largest absolute Gasteiger partial charge is 0.362 e. The maximum atomic E-state index is 3.37. The van der Waals surface area contributed by atoms with Gasteiger partial charge in [-0.1, -0.05) is 48.5 Å². The maximum Gasteiger partial charge on any atom is 0.0384 e. The Bertz CT molecular complexity index is 717. The zero-order valence-corrected chi connectivity index (χ0v) is 12.2. The minimum Gasteiger partial charge on any atom is -0.362 e. The van der Waals surface area contributed by atoms with Gasteiger partial charge in [0.2, 0.25) is 0 Å². The third-order valence-corrected chi connectivity index (χ3v) is 3.27. The third-order valence-electron chi connectivity index (χ3n) is 3.27. The summed E-state index contributed by atoms with van der Waals surface area (Å²) in [7, 11) is 0. The van der Waals surface area contributed by atoms with Crippen molar-refractivity contribution in [2.75, 3.05) is 10.6 Å². The minimum absolute atomic E-state index is 1.08. The van der Waals surface area contributed by atoms with Crippen LogP contribution in [0.4, 0.5) is 17.1 Å². The molecule has 22 heavy (non-hydrogen) atoms. The van der Waals surface area contributed by atoms with Crippen LogP contribution in [0.15, 0.2) is 91.1 Å². The predicted octanol–water partition coefficient (Wildman–Crippen LogP) is 5.51. The standard InChI is InChI=1S/C20H18N2/c1-3-7-18(8-4-1)21-16-15-17-11-13-20(14-12-17)22-19-9-5-2-6-10-19/h1-16,21-22H. The highest BCUT2D eigenvalue weighted by Crippen LogP contribution is 2.17. The first-order chi connectivity index (χ1) is 10.9. The number of benzene rings is 3. The lowest BCUT2D eigenvalue weighted by Crippen LogP contribution is -1.89. The lowest BCUT2D eigenvalue weighted by atomic mass is 10.2. The minimum atomic E-state index is 1.08. The topological polar surface area (TPSA) is 24.1 Å². The SMILES string of the molecule is C(=Cc1ccc(Nc2ccccc2)cc1)Nc1ccccc1. The lowest BCUT2D eigenvalue weighted by Gasteiger charge is -2.06. The Hall–Kier alpha value is -3.00. The first-order valence-electron chi connectivity index (χ1n) is 7.30. The molecule has 3 rings (SSSR count). The molecule has 2 N–H and O–H groups in total. The van der Waals surface area contributed by atoms with Crippen molar-refractivity contribution in [3.8, 4) is 0 Å². The van der Waals surface area contributed by atoms with Crippen molar-refractivity contribution in [2.45, 2.75) is 0 Å². The first kappa shape index (κ1) is 14.0. The van der Waals surface area contributed by atoms with Gasteiger partial charge in [0.05, 0.1) is 0 Å². The van der Waals surface area contributed by atoms with Crippen molar-refractivity contribution in [1.82, 2.24) is 0 Å². The maximum absolute atomic E-state index is 3.37. The van der Waals surface area contributed by atoms with Gasteiger partial charge in [-0.15, -0.1) is 0 Å². The molecule has 3 aromatic carbocycles. The van der Waals surface area contributed by atoms with Gasteiger partial charge < -0.3 is 10.6 Å². The van der Waals surface area contributed by atoms with E-state index in [0.29, 0.717) is 0 Å². The quantitative estimate of drug-likeness (QED) is 0.646. The summed E-state index contributed by atoms with van der Waals surface area (Å²) in [5.74, 6) is 0. The molecule has 2 nitrogen and oxygen atoms in total. The molecule has 0 atom stereocenters. The fourth-order valence-corrected chi connectivity index (χ4v) is 2.13. The van der Waals surface area contributed by atoms with Crippen LogP contribution < -0.4 is 10.6 Å². The third kappa shape index (κ3) is 4.00. The van der Waals surface area contributed by atoms with Crippen molar-refractivity contribution in [3.63, 3.8) is 0 Å². The monoisotopic (exact) mass is 286 g/mol. The van der Waals surface area contributed by atoms with Crippen LogP contribution in [0.1, 0.15) is 5.56 Å². The number of hydrogen-bond donors (Lipinski definition) is 2. The molecule has 0 unspecified atom stereocenters. The highest BCUT2D eigenvalue weighted by Gasteiger charge is 1.93. The van der Waals surface area contributed by atoms with Gasteiger partial charge in [0.15, 0.2) is 0 Å². The van der Waals surface area contributed by atoms with Gasteiger partial charge in [-0.3, -0.25) is 0 Å². The Morgan fingerprint density at radius 1 is 0.545 bits per heavy atom. The summed E-state index contributed by atoms with van der Waals surface area (Å²) in [6.45, 7) is 0. The van der Waals surface area contributed by atoms with Gasteiger partial charge in [0.1, 0.15) is 0 Å². The molecule has 0 amide bonds. The molecule has 0 aliphatic heterocycles. The molecule has 0 heterocycles. The van der Waals surface area contributed by atoms with Gasteiger partial charge in [-0.25, -0.2) is 0 Å². The van der Waals surface area contributed by atoms with Gasteiger partial charge in [0.25, 0.3) is 0 Å². The van der Waals surface area contributed by atoms with E-state index in [1.165, 1.54) is 0 Å². The van der Waals surface area contributed by atoms with Crippen LogP contribution in [0.3, 0.4) is 0 Å². The second-order valence-corrected chi connectivity index (χ2v) is 4.96. The van der Waals surface area contributed by atoms with Crippen LogP contribution in [0, 0.1) is 0 Å². The number of rotatable bonds is 5. The summed E-state index contributed by atoms with van der Waals surface area (Å²) in [6, 6.07) is 28.6. The van der Waals surface area contributed by atoms with Crippen molar-refractivity contribution >= 4 is 23.1 Å². The molecule has 108 valence electrons. The molecule has 0 spiro atoms. The number of hydrogen-bond acceptors (Lipinski definition) is 2. The van der Waals surface area contributed by atoms with E-state index in [1.807, 2.05) is 54.7 Å². The summed E-state index contributed by atoms with van der Waals surface area (Å²) in [4.78, 5) is 0. The predicted molar refractivity (Wildman–Crippen MR) is 95.3 cm³/mol. The molecule has 0 saturated heterocycles. The number of anilines is 3. The van der Waals surface area contributed by atoms with Gasteiger partial charge in [-0.2, -0.15) is 0 Å². The highest BCUT2D eigenvalue weighted by molar-refractivity contribution is 5.63. The zero-order chi connectivity index (χ0) is 15.0. The molecule has 3 aromatic rings. The Balaban J connectivity index is 1.59. The van der Waals surface area contributed by atoms with Crippen molar-refractivity contribution < 1.29 is 0 Å². The van der Waals surface area contributed by atoms with E-state index in [1.54, 1.807) is 0 Å². The average Bonchev–Trinajstić information content (AvgIpc) is 2.58. The van der Waals surface area contributed by atoms with E-state index >= 15 is 0 Å². The van der Waals surface area contributed by atoms with Crippen LogP contribution in [0.5, 0.6) is 0 Å². The fourth-order valence-electron chi connectivity index (χ4n) is 2.13. The summed E-state index contributed by atoms with van der Waals surface area (Å²) in [5.41, 5.74) is 4.42. The van der Waals surface area contributed by atoms with E-state index in [-0.39, 0.29) is 0 Å². The van der Waals surface area contributed by atoms with Crippen LogP contribution in [-0.4, -0.2) is 0 Å². The molecule has 0 aliphatic rings. The smallest absolute Gasteiger partial charge is 0.0384 e. The summed E-state index contributed by atoms with van der Waals surface area (Å²) >= 11 is 0. The molecular weight excluding hydrogens is 268 g/mol. The van der Waals surface area contributed by atoms with E-state index in [9.17, 15) is 0 Å². The Labute approximate surface area is 131 Å². The van der Waals surface area contributed by atoms with Gasteiger partial charge in [0, 0.05) is 23.3 Å². The highest BCUT2D eigenvalue weighted by atomic mass is 14.9. The van der Waals surface area contributed by atoms with Crippen molar-refractivity contribution in [3.05, 3.63) is 96.7 Å². The van der Waals surface area contributed by atoms with Crippen molar-refractivity contribution in [1.29, 1.82) is 0 Å². The molecule has 0 radical (unpaired) electrons. The van der Waals surface area contributed by atoms with Crippen LogP contribution >= 0.6 is 0 Å². The Morgan fingerprint density at radius 3 is 1.73 bits per heavy atom. The lowest BCUT2D eigenvalue weighted by molar-refractivity contribution is 1.53. The van der Waals surface area contributed by atoms with E-state index in [4.69, 9.17) is 0 Å². The van der Waals surface area contributed by atoms with Crippen molar-refractivity contribution in [2.24, 2.45) is 0 Å². The summed E-state index contributed by atoms with van der Waals surface area (Å²) in [5, 5.41) is 6.62. The molecular formula is C20H18N2. The summed E-state index contributed by atoms with van der Waals surface area (Å²) in [6.07, 6.45) is 4.01. The second-order valence-electron chi connectivity index (χ2n) is 4.96. The Morgan fingerprint density at radius 2 is 1.09 bits per heavy atom. The fraction of sp³-hybridized carbons (Fsp3) is 0. The second kappa shape index (κ2) is 7.14. The molecule has 0 fully saturated rings. The van der Waals surface area contributed by atoms with Crippen LogP contribution in [0.25, 0.3) is 6.08 Å². The molecule has 2 heteroatoms. The molecule has 0 bridgehead atoms. The first-order valence-corrected chi connectivity index (χ1v) is 7.30. The molecule has 0 aliphatic carbocycles. The normalized spacial score (nSPS) is 10.5. The average molecular weight is 286 g/mol. The molecule has 0 aromatic heterocycles. The molecule has 0 saturated carbocycles. The zero-order valence-electron chi connectivity index (χ0n) is 12.2. The number of para-hydroxylation sites is 2. The van der Waals surface area contributed by atoms with E-state index in [0.717, 1.165) is 22.6 Å².